The van der Waals surface area contributed by atoms with E-state index in [2.05, 4.69) is 91.0 Å². The minimum Gasteiger partial charge on any atom is -0.497 e. The molecule has 6 aromatic rings. The minimum absolute atomic E-state index is 0.775. The second kappa shape index (κ2) is 9.35. The van der Waals surface area contributed by atoms with Crippen LogP contribution < -0.4 is 18.9 Å². The highest BCUT2D eigenvalue weighted by molar-refractivity contribution is 6.27. The van der Waals surface area contributed by atoms with Gasteiger partial charge in [0.15, 0.2) is 5.60 Å². The van der Waals surface area contributed by atoms with E-state index in [1.54, 1.807) is 21.3 Å². The first kappa shape index (κ1) is 24.1. The van der Waals surface area contributed by atoms with Gasteiger partial charge in [0.05, 0.1) is 26.9 Å². The lowest BCUT2D eigenvalue weighted by molar-refractivity contribution is 0.163. The molecule has 0 spiro atoms. The average molecular weight is 525 g/mol. The van der Waals surface area contributed by atoms with Crippen LogP contribution in [0.15, 0.2) is 109 Å². The van der Waals surface area contributed by atoms with Gasteiger partial charge in [-0.25, -0.2) is 0 Å². The first-order chi connectivity index (χ1) is 19.7. The van der Waals surface area contributed by atoms with Gasteiger partial charge in [-0.3, -0.25) is 0 Å². The third-order valence-electron chi connectivity index (χ3n) is 7.99. The molecule has 1 aliphatic heterocycles. The van der Waals surface area contributed by atoms with E-state index in [9.17, 15) is 0 Å². The minimum atomic E-state index is -0.891. The number of ether oxygens (including phenoxy) is 4. The molecule has 0 atom stereocenters. The topological polar surface area (TPSA) is 36.9 Å². The molecule has 0 unspecified atom stereocenters. The average Bonchev–Trinajstić information content (AvgIpc) is 3.04. The van der Waals surface area contributed by atoms with E-state index >= 15 is 0 Å². The first-order valence-electron chi connectivity index (χ1n) is 13.3. The molecule has 6 aromatic carbocycles. The number of hydrogen-bond acceptors (Lipinski definition) is 4. The van der Waals surface area contributed by atoms with Crippen LogP contribution in [0, 0.1) is 0 Å². The summed E-state index contributed by atoms with van der Waals surface area (Å²) in [5.74, 6) is 3.15. The predicted molar refractivity (Wildman–Crippen MR) is 162 cm³/mol. The van der Waals surface area contributed by atoms with Crippen molar-refractivity contribution in [3.63, 3.8) is 0 Å². The Morgan fingerprint density at radius 3 is 1.57 bits per heavy atom. The van der Waals surface area contributed by atoms with E-state index in [4.69, 9.17) is 18.9 Å². The number of rotatable bonds is 5. The molecule has 0 bridgehead atoms. The van der Waals surface area contributed by atoms with Gasteiger partial charge in [0.1, 0.15) is 23.0 Å². The van der Waals surface area contributed by atoms with Crippen LogP contribution in [0.3, 0.4) is 0 Å². The monoisotopic (exact) mass is 524 g/mol. The second-order valence-corrected chi connectivity index (χ2v) is 9.96. The van der Waals surface area contributed by atoms with Crippen LogP contribution in [0.5, 0.6) is 23.0 Å². The number of methoxy groups -OCH3 is 3. The highest BCUT2D eigenvalue weighted by Gasteiger charge is 2.39. The molecule has 0 fully saturated rings. The van der Waals surface area contributed by atoms with Gasteiger partial charge in [-0.15, -0.1) is 0 Å². The quantitative estimate of drug-likeness (QED) is 0.212. The highest BCUT2D eigenvalue weighted by atomic mass is 16.5. The zero-order valence-corrected chi connectivity index (χ0v) is 22.6. The van der Waals surface area contributed by atoms with Crippen molar-refractivity contribution in [1.29, 1.82) is 0 Å². The Bertz CT molecular complexity index is 1870. The summed E-state index contributed by atoms with van der Waals surface area (Å²) >= 11 is 0. The molecule has 0 aromatic heterocycles. The van der Waals surface area contributed by atoms with Crippen molar-refractivity contribution < 1.29 is 18.9 Å². The largest absolute Gasteiger partial charge is 0.497 e. The molecule has 4 nitrogen and oxygen atoms in total. The Labute approximate surface area is 233 Å². The smallest absolute Gasteiger partial charge is 0.178 e. The summed E-state index contributed by atoms with van der Waals surface area (Å²) in [5, 5.41) is 6.87. The summed E-state index contributed by atoms with van der Waals surface area (Å²) < 4.78 is 24.2. The fourth-order valence-corrected chi connectivity index (χ4v) is 6.00. The van der Waals surface area contributed by atoms with Gasteiger partial charge in [0, 0.05) is 16.5 Å². The lowest BCUT2D eigenvalue weighted by Crippen LogP contribution is -2.34. The molecule has 0 amide bonds. The molecule has 4 heteroatoms. The van der Waals surface area contributed by atoms with Gasteiger partial charge in [-0.2, -0.15) is 0 Å². The third-order valence-corrected chi connectivity index (χ3v) is 7.99. The van der Waals surface area contributed by atoms with Crippen LogP contribution in [0.25, 0.3) is 38.4 Å². The lowest BCUT2D eigenvalue weighted by Gasteiger charge is -2.37. The number of fused-ring (bicyclic) bond motifs is 8. The maximum absolute atomic E-state index is 7.30. The van der Waals surface area contributed by atoms with E-state index in [0.29, 0.717) is 0 Å². The van der Waals surface area contributed by atoms with Crippen LogP contribution in [0.1, 0.15) is 16.7 Å². The zero-order valence-electron chi connectivity index (χ0n) is 22.6. The molecule has 0 N–H and O–H groups in total. The van der Waals surface area contributed by atoms with Crippen LogP contribution in [0.2, 0.25) is 0 Å². The SMILES string of the molecule is COc1ccc(C2(c3ccc(OC)cc3)C=Cc3c(OC)cc4c5ccccc5c5ccccc5c4c3O2)cc1. The highest BCUT2D eigenvalue weighted by Crippen LogP contribution is 2.51. The van der Waals surface area contributed by atoms with Crippen molar-refractivity contribution in [2.75, 3.05) is 21.3 Å². The van der Waals surface area contributed by atoms with Crippen molar-refractivity contribution in [2.45, 2.75) is 5.60 Å². The Morgan fingerprint density at radius 1 is 0.550 bits per heavy atom. The van der Waals surface area contributed by atoms with E-state index < -0.39 is 5.60 Å². The molecule has 1 heterocycles. The summed E-state index contributed by atoms with van der Waals surface area (Å²) in [6.07, 6.45) is 4.26. The molecular formula is C36H28O4. The molecule has 0 saturated heterocycles. The summed E-state index contributed by atoms with van der Waals surface area (Å²) in [4.78, 5) is 0. The van der Waals surface area contributed by atoms with Crippen LogP contribution in [-0.4, -0.2) is 21.3 Å². The molecule has 0 radical (unpaired) electrons. The van der Waals surface area contributed by atoms with Crippen molar-refractivity contribution in [3.8, 4) is 23.0 Å². The molecule has 40 heavy (non-hydrogen) atoms. The fourth-order valence-electron chi connectivity index (χ4n) is 6.00. The molecule has 7 rings (SSSR count). The van der Waals surface area contributed by atoms with Crippen molar-refractivity contribution in [1.82, 2.24) is 0 Å². The molecule has 0 aliphatic carbocycles. The second-order valence-electron chi connectivity index (χ2n) is 9.96. The Morgan fingerprint density at radius 2 is 1.05 bits per heavy atom. The predicted octanol–water partition coefficient (Wildman–Crippen LogP) is 8.52. The first-order valence-corrected chi connectivity index (χ1v) is 13.3. The van der Waals surface area contributed by atoms with Crippen molar-refractivity contribution >= 4 is 38.4 Å². The molecule has 1 aliphatic rings. The maximum Gasteiger partial charge on any atom is 0.178 e. The van der Waals surface area contributed by atoms with Crippen LogP contribution >= 0.6 is 0 Å². The normalized spacial score (nSPS) is 13.7. The van der Waals surface area contributed by atoms with E-state index in [0.717, 1.165) is 61.2 Å². The molecular weight excluding hydrogens is 496 g/mol. The van der Waals surface area contributed by atoms with Crippen LogP contribution in [0.4, 0.5) is 0 Å². The van der Waals surface area contributed by atoms with E-state index in [1.807, 2.05) is 24.3 Å². The van der Waals surface area contributed by atoms with Crippen molar-refractivity contribution in [3.05, 3.63) is 126 Å². The van der Waals surface area contributed by atoms with E-state index in [-0.39, 0.29) is 0 Å². The zero-order chi connectivity index (χ0) is 27.3. The lowest BCUT2D eigenvalue weighted by atomic mass is 9.82. The molecule has 196 valence electrons. The van der Waals surface area contributed by atoms with Gasteiger partial charge in [0.2, 0.25) is 0 Å². The van der Waals surface area contributed by atoms with E-state index in [1.165, 1.54) is 10.8 Å². The maximum atomic E-state index is 7.30. The van der Waals surface area contributed by atoms with Crippen molar-refractivity contribution in [2.24, 2.45) is 0 Å². The Hall–Kier alpha value is -4.96. The summed E-state index contributed by atoms with van der Waals surface area (Å²) in [6.45, 7) is 0. The Kier molecular flexibility index (Phi) is 5.64. The summed E-state index contributed by atoms with van der Waals surface area (Å²) in [6, 6.07) is 35.4. The summed E-state index contributed by atoms with van der Waals surface area (Å²) in [7, 11) is 5.07. The number of benzene rings is 6. The molecule has 0 saturated carbocycles. The Balaban J connectivity index is 1.58. The standard InChI is InChI=1S/C36H28O4/c1-37-25-16-12-23(13-17-25)36(24-14-18-26(38-2)19-15-24)21-20-31-33(39-3)22-32-29-10-5-4-8-27(29)28-9-6-7-11-30(28)34(32)35(31)40-36/h4-22H,1-3H3. The van der Waals surface area contributed by atoms with Gasteiger partial charge in [-0.05, 0) is 69.4 Å². The fraction of sp³-hybridized carbons (Fsp3) is 0.111. The van der Waals surface area contributed by atoms with Gasteiger partial charge >= 0.3 is 0 Å². The van der Waals surface area contributed by atoms with Gasteiger partial charge in [0.25, 0.3) is 0 Å². The van der Waals surface area contributed by atoms with Gasteiger partial charge < -0.3 is 18.9 Å². The summed E-state index contributed by atoms with van der Waals surface area (Å²) in [5.41, 5.74) is 2.01. The number of hydrogen-bond donors (Lipinski definition) is 0. The van der Waals surface area contributed by atoms with Gasteiger partial charge in [-0.1, -0.05) is 72.8 Å². The third kappa shape index (κ3) is 3.53. The van der Waals surface area contributed by atoms with Crippen LogP contribution in [-0.2, 0) is 5.60 Å².